The molecule has 0 saturated heterocycles. The van der Waals surface area contributed by atoms with Gasteiger partial charge in [-0.2, -0.15) is 4.98 Å². The van der Waals surface area contributed by atoms with Gasteiger partial charge in [0.2, 0.25) is 17.6 Å². The van der Waals surface area contributed by atoms with Crippen LogP contribution in [-0.4, -0.2) is 22.7 Å². The van der Waals surface area contributed by atoms with Crippen molar-refractivity contribution in [1.82, 2.24) is 10.1 Å². The number of carbonyl (C=O) groups excluding carboxylic acids is 1. The van der Waals surface area contributed by atoms with Crippen LogP contribution in [0.5, 0.6) is 5.75 Å². The Labute approximate surface area is 166 Å². The molecule has 8 heteroatoms. The van der Waals surface area contributed by atoms with E-state index < -0.39 is 0 Å². The number of ether oxygens (including phenoxy) is 1. The van der Waals surface area contributed by atoms with E-state index in [-0.39, 0.29) is 5.91 Å². The number of hydrogen-bond donors (Lipinski definition) is 1. The van der Waals surface area contributed by atoms with Gasteiger partial charge in [0.05, 0.1) is 17.2 Å². The first-order chi connectivity index (χ1) is 13.2. The van der Waals surface area contributed by atoms with Gasteiger partial charge in [0.1, 0.15) is 5.75 Å². The smallest absolute Gasteiger partial charge is 0.226 e. The number of aryl methyl sites for hydroxylation is 1. The molecule has 0 spiro atoms. The third-order valence-electron chi connectivity index (χ3n) is 3.68. The average molecular weight is 406 g/mol. The van der Waals surface area contributed by atoms with E-state index in [1.54, 1.807) is 29.5 Å². The zero-order valence-corrected chi connectivity index (χ0v) is 16.5. The van der Waals surface area contributed by atoms with E-state index in [4.69, 9.17) is 20.9 Å². The SMILES string of the molecule is CCCOc1ccc(Cl)cc1NC(=O)CCCc1nc(-c2cccs2)no1. The fourth-order valence-corrected chi connectivity index (χ4v) is 3.23. The van der Waals surface area contributed by atoms with Crippen molar-refractivity contribution in [3.8, 4) is 16.5 Å². The quantitative estimate of drug-likeness (QED) is 0.529. The molecule has 0 aliphatic heterocycles. The molecule has 2 aromatic heterocycles. The molecular formula is C19H20ClN3O3S. The third-order valence-corrected chi connectivity index (χ3v) is 4.78. The number of benzene rings is 1. The molecule has 0 atom stereocenters. The Hall–Kier alpha value is -2.38. The van der Waals surface area contributed by atoms with E-state index in [0.29, 0.717) is 54.0 Å². The van der Waals surface area contributed by atoms with Crippen LogP contribution in [0.25, 0.3) is 10.7 Å². The maximum atomic E-state index is 12.3. The number of nitrogens with zero attached hydrogens (tertiary/aromatic N) is 2. The second-order valence-corrected chi connectivity index (χ2v) is 7.26. The molecule has 0 bridgehead atoms. The molecular weight excluding hydrogens is 386 g/mol. The number of aromatic nitrogens is 2. The second-order valence-electron chi connectivity index (χ2n) is 5.88. The fraction of sp³-hybridized carbons (Fsp3) is 0.316. The van der Waals surface area contributed by atoms with Crippen LogP contribution in [0.1, 0.15) is 32.1 Å². The summed E-state index contributed by atoms with van der Waals surface area (Å²) in [6, 6.07) is 9.07. The number of rotatable bonds is 9. The van der Waals surface area contributed by atoms with Gasteiger partial charge in [-0.3, -0.25) is 4.79 Å². The van der Waals surface area contributed by atoms with E-state index in [1.165, 1.54) is 0 Å². The van der Waals surface area contributed by atoms with Gasteiger partial charge in [-0.05, 0) is 42.5 Å². The summed E-state index contributed by atoms with van der Waals surface area (Å²) >= 11 is 7.59. The van der Waals surface area contributed by atoms with Gasteiger partial charge in [0.25, 0.3) is 0 Å². The van der Waals surface area contributed by atoms with Crippen LogP contribution in [0.15, 0.2) is 40.2 Å². The van der Waals surface area contributed by atoms with E-state index in [0.717, 1.165) is 11.3 Å². The van der Waals surface area contributed by atoms with Gasteiger partial charge in [-0.15, -0.1) is 11.3 Å². The number of halogens is 1. The summed E-state index contributed by atoms with van der Waals surface area (Å²) in [7, 11) is 0. The predicted molar refractivity (Wildman–Crippen MR) is 106 cm³/mol. The van der Waals surface area contributed by atoms with E-state index in [9.17, 15) is 4.79 Å². The summed E-state index contributed by atoms with van der Waals surface area (Å²) < 4.78 is 10.9. The summed E-state index contributed by atoms with van der Waals surface area (Å²) in [6.07, 6.45) is 2.36. The lowest BCUT2D eigenvalue weighted by atomic mass is 10.2. The zero-order chi connectivity index (χ0) is 19.1. The molecule has 3 aromatic rings. The van der Waals surface area contributed by atoms with Crippen LogP contribution in [-0.2, 0) is 11.2 Å². The molecule has 0 saturated carbocycles. The third kappa shape index (κ3) is 5.55. The predicted octanol–water partition coefficient (Wildman–Crippen LogP) is 5.20. The topological polar surface area (TPSA) is 77.2 Å². The summed E-state index contributed by atoms with van der Waals surface area (Å²) in [4.78, 5) is 17.6. The number of anilines is 1. The summed E-state index contributed by atoms with van der Waals surface area (Å²) in [5, 5.41) is 9.33. The minimum Gasteiger partial charge on any atom is -0.491 e. The Bertz CT molecular complexity index is 880. The van der Waals surface area contributed by atoms with Crippen molar-refractivity contribution in [2.45, 2.75) is 32.6 Å². The van der Waals surface area contributed by atoms with Crippen molar-refractivity contribution >= 4 is 34.5 Å². The van der Waals surface area contributed by atoms with Crippen molar-refractivity contribution in [3.05, 3.63) is 46.6 Å². The molecule has 1 N–H and O–H groups in total. The van der Waals surface area contributed by atoms with Crippen molar-refractivity contribution in [3.63, 3.8) is 0 Å². The molecule has 0 radical (unpaired) electrons. The van der Waals surface area contributed by atoms with Gasteiger partial charge in [-0.1, -0.05) is 29.7 Å². The molecule has 27 heavy (non-hydrogen) atoms. The summed E-state index contributed by atoms with van der Waals surface area (Å²) in [5.41, 5.74) is 0.582. The van der Waals surface area contributed by atoms with Crippen LogP contribution in [0.4, 0.5) is 5.69 Å². The highest BCUT2D eigenvalue weighted by molar-refractivity contribution is 7.13. The molecule has 0 unspecified atom stereocenters. The number of thiophene rings is 1. The molecule has 142 valence electrons. The molecule has 0 aliphatic rings. The fourth-order valence-electron chi connectivity index (χ4n) is 2.41. The second kappa shape index (κ2) is 9.53. The Balaban J connectivity index is 1.51. The number of nitrogens with one attached hydrogen (secondary N) is 1. The highest BCUT2D eigenvalue weighted by Gasteiger charge is 2.12. The van der Waals surface area contributed by atoms with Crippen molar-refractivity contribution < 1.29 is 14.1 Å². The van der Waals surface area contributed by atoms with Crippen LogP contribution >= 0.6 is 22.9 Å². The molecule has 0 aliphatic carbocycles. The Morgan fingerprint density at radius 3 is 3.04 bits per heavy atom. The van der Waals surface area contributed by atoms with Crippen LogP contribution < -0.4 is 10.1 Å². The van der Waals surface area contributed by atoms with Gasteiger partial charge in [0, 0.05) is 17.9 Å². The molecule has 2 heterocycles. The monoisotopic (exact) mass is 405 g/mol. The summed E-state index contributed by atoms with van der Waals surface area (Å²) in [6.45, 7) is 2.60. The van der Waals surface area contributed by atoms with Gasteiger partial charge < -0.3 is 14.6 Å². The van der Waals surface area contributed by atoms with Crippen LogP contribution in [0, 0.1) is 0 Å². The molecule has 3 rings (SSSR count). The molecule has 0 fully saturated rings. The number of hydrogen-bond acceptors (Lipinski definition) is 6. The first-order valence-electron chi connectivity index (χ1n) is 8.74. The lowest BCUT2D eigenvalue weighted by Crippen LogP contribution is -2.13. The first-order valence-corrected chi connectivity index (χ1v) is 10.00. The average Bonchev–Trinajstić information content (AvgIpc) is 3.32. The van der Waals surface area contributed by atoms with E-state index >= 15 is 0 Å². The first kappa shape index (κ1) is 19.4. The standard InChI is InChI=1S/C19H20ClN3O3S/c1-2-10-25-15-9-8-13(20)12-14(15)21-17(24)6-3-7-18-22-19(23-26-18)16-5-4-11-27-16/h4-5,8-9,11-12H,2-3,6-7,10H2,1H3,(H,21,24). The highest BCUT2D eigenvalue weighted by atomic mass is 35.5. The summed E-state index contributed by atoms with van der Waals surface area (Å²) in [5.74, 6) is 1.62. The normalized spacial score (nSPS) is 10.7. The number of carbonyl (C=O) groups is 1. The van der Waals surface area contributed by atoms with E-state index in [2.05, 4.69) is 15.5 Å². The van der Waals surface area contributed by atoms with Gasteiger partial charge in [-0.25, -0.2) is 0 Å². The van der Waals surface area contributed by atoms with Crippen molar-refractivity contribution in [2.24, 2.45) is 0 Å². The van der Waals surface area contributed by atoms with Crippen molar-refractivity contribution in [2.75, 3.05) is 11.9 Å². The van der Waals surface area contributed by atoms with Crippen LogP contribution in [0.2, 0.25) is 5.02 Å². The van der Waals surface area contributed by atoms with Crippen molar-refractivity contribution in [1.29, 1.82) is 0 Å². The zero-order valence-electron chi connectivity index (χ0n) is 14.9. The maximum Gasteiger partial charge on any atom is 0.226 e. The Morgan fingerprint density at radius 2 is 2.26 bits per heavy atom. The minimum absolute atomic E-state index is 0.114. The molecule has 6 nitrogen and oxygen atoms in total. The van der Waals surface area contributed by atoms with Gasteiger partial charge in [0.15, 0.2) is 0 Å². The van der Waals surface area contributed by atoms with Gasteiger partial charge >= 0.3 is 0 Å². The molecule has 1 amide bonds. The van der Waals surface area contributed by atoms with Crippen LogP contribution in [0.3, 0.4) is 0 Å². The Morgan fingerprint density at radius 1 is 1.37 bits per heavy atom. The Kier molecular flexibility index (Phi) is 6.84. The lowest BCUT2D eigenvalue weighted by Gasteiger charge is -2.12. The number of amides is 1. The maximum absolute atomic E-state index is 12.3. The minimum atomic E-state index is -0.114. The highest BCUT2D eigenvalue weighted by Crippen LogP contribution is 2.28. The van der Waals surface area contributed by atoms with E-state index in [1.807, 2.05) is 24.4 Å². The largest absolute Gasteiger partial charge is 0.491 e. The lowest BCUT2D eigenvalue weighted by molar-refractivity contribution is -0.116. The molecule has 1 aromatic carbocycles.